The van der Waals surface area contributed by atoms with Crippen molar-refractivity contribution in [1.29, 1.82) is 0 Å². The Balaban J connectivity index is 1.58. The zero-order valence-corrected chi connectivity index (χ0v) is 20.2. The van der Waals surface area contributed by atoms with Gasteiger partial charge in [0, 0.05) is 30.6 Å². The summed E-state index contributed by atoms with van der Waals surface area (Å²) in [5.41, 5.74) is 0.895. The fourth-order valence-electron chi connectivity index (χ4n) is 4.28. The number of thiophene rings is 1. The van der Waals surface area contributed by atoms with Crippen molar-refractivity contribution in [2.45, 2.75) is 18.6 Å². The Bertz CT molecular complexity index is 1210. The molecule has 36 heavy (non-hydrogen) atoms. The maximum absolute atomic E-state index is 13.6. The van der Waals surface area contributed by atoms with Crippen LogP contribution in [0.15, 0.2) is 60.0 Å². The Morgan fingerprint density at radius 1 is 1.08 bits per heavy atom. The molecule has 0 aliphatic carbocycles. The number of hydrogen-bond donors (Lipinski definition) is 0. The van der Waals surface area contributed by atoms with E-state index in [4.69, 9.17) is 4.74 Å². The number of ether oxygens (including phenoxy) is 1. The molecule has 10 heteroatoms. The highest BCUT2D eigenvalue weighted by molar-refractivity contribution is 7.10. The smallest absolute Gasteiger partial charge is 0.383 e. The van der Waals surface area contributed by atoms with Crippen molar-refractivity contribution in [3.8, 4) is 0 Å². The average molecular weight is 521 g/mol. The molecule has 0 N–H and O–H groups in total. The van der Waals surface area contributed by atoms with Gasteiger partial charge in [-0.15, -0.1) is 11.3 Å². The highest BCUT2D eigenvalue weighted by atomic mass is 32.1. The molecule has 2 amide bonds. The van der Waals surface area contributed by atoms with E-state index in [1.54, 1.807) is 28.4 Å². The first-order valence-electron chi connectivity index (χ1n) is 11.3. The van der Waals surface area contributed by atoms with E-state index in [9.17, 15) is 27.2 Å². The topological polar surface area (TPSA) is 49.9 Å². The summed E-state index contributed by atoms with van der Waals surface area (Å²) < 4.78 is 57.4. The zero-order valence-electron chi connectivity index (χ0n) is 19.4. The number of carbonyl (C=O) groups is 2. The monoisotopic (exact) mass is 520 g/mol. The second kappa shape index (κ2) is 10.8. The van der Waals surface area contributed by atoms with Gasteiger partial charge in [-0.05, 0) is 65.4 Å². The van der Waals surface area contributed by atoms with Crippen molar-refractivity contribution >= 4 is 23.2 Å². The van der Waals surface area contributed by atoms with E-state index >= 15 is 0 Å². The maximum atomic E-state index is 13.6. The molecule has 0 spiro atoms. The number of rotatable bonds is 7. The van der Waals surface area contributed by atoms with Gasteiger partial charge in [-0.2, -0.15) is 13.2 Å². The van der Waals surface area contributed by atoms with Crippen molar-refractivity contribution in [3.63, 3.8) is 0 Å². The van der Waals surface area contributed by atoms with E-state index in [2.05, 4.69) is 0 Å². The number of methoxy groups -OCH3 is 1. The van der Waals surface area contributed by atoms with Gasteiger partial charge in [-0.1, -0.05) is 12.1 Å². The fourth-order valence-corrected chi connectivity index (χ4v) is 5.19. The van der Waals surface area contributed by atoms with Crippen molar-refractivity contribution < 1.29 is 31.9 Å². The van der Waals surface area contributed by atoms with Gasteiger partial charge in [-0.3, -0.25) is 9.59 Å². The molecule has 1 aromatic heterocycles. The summed E-state index contributed by atoms with van der Waals surface area (Å²) in [4.78, 5) is 30.8. The van der Waals surface area contributed by atoms with Gasteiger partial charge in [0.1, 0.15) is 12.4 Å². The molecule has 1 aliphatic heterocycles. The SMILES string of the molecule is COCCN(CC(=O)N1CCc2sccc2C1c1ccc(F)cc1)C(=O)c1ccc(C(F)(F)F)cc1. The standard InChI is InChI=1S/C26H24F4N2O3S/c1-35-14-13-31(25(34)18-2-6-19(7-3-18)26(28,29)30)16-23(33)32-12-10-22-21(11-15-36-22)24(32)17-4-8-20(27)9-5-17/h2-9,11,15,24H,10,12-14,16H2,1H3. The van der Waals surface area contributed by atoms with Crippen LogP contribution in [0.4, 0.5) is 17.6 Å². The molecular weight excluding hydrogens is 496 g/mol. The van der Waals surface area contributed by atoms with Crippen LogP contribution < -0.4 is 0 Å². The lowest BCUT2D eigenvalue weighted by molar-refractivity contribution is -0.137. The van der Waals surface area contributed by atoms with Crippen LogP contribution in [0.3, 0.4) is 0 Å². The Hall–Kier alpha value is -3.24. The van der Waals surface area contributed by atoms with Crippen molar-refractivity contribution in [2.24, 2.45) is 0 Å². The van der Waals surface area contributed by atoms with E-state index < -0.39 is 23.7 Å². The van der Waals surface area contributed by atoms with E-state index in [0.29, 0.717) is 13.0 Å². The molecule has 1 unspecified atom stereocenters. The first-order valence-corrected chi connectivity index (χ1v) is 12.1. The molecule has 4 rings (SSSR count). The largest absolute Gasteiger partial charge is 0.416 e. The van der Waals surface area contributed by atoms with Crippen molar-refractivity contribution in [2.75, 3.05) is 33.4 Å². The van der Waals surface area contributed by atoms with Crippen LogP contribution in [0.25, 0.3) is 0 Å². The number of nitrogens with zero attached hydrogens (tertiary/aromatic N) is 2. The van der Waals surface area contributed by atoms with Gasteiger partial charge in [-0.25, -0.2) is 4.39 Å². The fraction of sp³-hybridized carbons (Fsp3) is 0.308. The minimum atomic E-state index is -4.52. The van der Waals surface area contributed by atoms with Gasteiger partial charge in [0.25, 0.3) is 5.91 Å². The summed E-state index contributed by atoms with van der Waals surface area (Å²) in [6.07, 6.45) is -3.86. The second-order valence-electron chi connectivity index (χ2n) is 8.38. The molecule has 1 atom stereocenters. The predicted molar refractivity (Wildman–Crippen MR) is 127 cm³/mol. The van der Waals surface area contributed by atoms with E-state index in [1.807, 2.05) is 11.4 Å². The molecule has 0 bridgehead atoms. The van der Waals surface area contributed by atoms with Gasteiger partial charge < -0.3 is 14.5 Å². The van der Waals surface area contributed by atoms with E-state index in [1.165, 1.54) is 24.1 Å². The van der Waals surface area contributed by atoms with Crippen LogP contribution in [-0.4, -0.2) is 55.0 Å². The molecule has 1 aliphatic rings. The number of benzene rings is 2. The van der Waals surface area contributed by atoms with Gasteiger partial charge in [0.2, 0.25) is 5.91 Å². The Kier molecular flexibility index (Phi) is 7.75. The lowest BCUT2D eigenvalue weighted by Crippen LogP contribution is -2.47. The predicted octanol–water partition coefficient (Wildman–Crippen LogP) is 5.17. The molecule has 0 saturated carbocycles. The molecule has 2 heterocycles. The molecular formula is C26H24F4N2O3S. The third kappa shape index (κ3) is 5.60. The average Bonchev–Trinajstić information content (AvgIpc) is 3.34. The lowest BCUT2D eigenvalue weighted by atomic mass is 9.93. The van der Waals surface area contributed by atoms with Crippen LogP contribution in [0.1, 0.15) is 38.0 Å². The number of halogens is 4. The van der Waals surface area contributed by atoms with Crippen LogP contribution in [0, 0.1) is 5.82 Å². The summed E-state index contributed by atoms with van der Waals surface area (Å²) >= 11 is 1.60. The second-order valence-corrected chi connectivity index (χ2v) is 9.39. The summed E-state index contributed by atoms with van der Waals surface area (Å²) in [6, 6.07) is 11.4. The number of hydrogen-bond acceptors (Lipinski definition) is 4. The van der Waals surface area contributed by atoms with Crippen LogP contribution >= 0.6 is 11.3 Å². The minimum Gasteiger partial charge on any atom is -0.383 e. The zero-order chi connectivity index (χ0) is 25.9. The summed E-state index contributed by atoms with van der Waals surface area (Å²) in [7, 11) is 1.45. The van der Waals surface area contributed by atoms with Crippen molar-refractivity contribution in [3.05, 3.63) is 92.9 Å². The van der Waals surface area contributed by atoms with E-state index in [0.717, 1.165) is 40.3 Å². The molecule has 2 aromatic carbocycles. The third-order valence-corrected chi connectivity index (χ3v) is 7.11. The number of carbonyl (C=O) groups excluding carboxylic acids is 2. The number of fused-ring (bicyclic) bond motifs is 1. The molecule has 0 radical (unpaired) electrons. The summed E-state index contributed by atoms with van der Waals surface area (Å²) in [6.45, 7) is 0.373. The van der Waals surface area contributed by atoms with Crippen molar-refractivity contribution in [1.82, 2.24) is 9.80 Å². The van der Waals surface area contributed by atoms with Gasteiger partial charge in [0.05, 0.1) is 18.2 Å². The number of amides is 2. The third-order valence-electron chi connectivity index (χ3n) is 6.11. The van der Waals surface area contributed by atoms with Crippen LogP contribution in [0.5, 0.6) is 0 Å². The van der Waals surface area contributed by atoms with E-state index in [-0.39, 0.29) is 37.0 Å². The molecule has 3 aromatic rings. The molecule has 190 valence electrons. The Labute approximate surface area is 209 Å². The Morgan fingerprint density at radius 3 is 2.42 bits per heavy atom. The Morgan fingerprint density at radius 2 is 1.78 bits per heavy atom. The quantitative estimate of drug-likeness (QED) is 0.404. The molecule has 5 nitrogen and oxygen atoms in total. The summed E-state index contributed by atoms with van der Waals surface area (Å²) in [5, 5.41) is 1.95. The lowest BCUT2D eigenvalue weighted by Gasteiger charge is -2.37. The van der Waals surface area contributed by atoms with Crippen LogP contribution in [0.2, 0.25) is 0 Å². The number of alkyl halides is 3. The minimum absolute atomic E-state index is 0.0424. The van der Waals surface area contributed by atoms with Gasteiger partial charge >= 0.3 is 6.18 Å². The first kappa shape index (κ1) is 25.8. The molecule has 0 saturated heterocycles. The van der Waals surface area contributed by atoms with Gasteiger partial charge in [0.15, 0.2) is 0 Å². The normalized spacial score (nSPS) is 15.5. The van der Waals surface area contributed by atoms with Crippen LogP contribution in [-0.2, 0) is 22.1 Å². The molecule has 0 fully saturated rings. The summed E-state index contributed by atoms with van der Waals surface area (Å²) in [5.74, 6) is -1.27. The first-order chi connectivity index (χ1) is 17.2. The maximum Gasteiger partial charge on any atom is 0.416 e. The highest BCUT2D eigenvalue weighted by Gasteiger charge is 2.34. The highest BCUT2D eigenvalue weighted by Crippen LogP contribution is 2.38.